The van der Waals surface area contributed by atoms with Crippen molar-refractivity contribution < 1.29 is 9.35 Å². The minimum atomic E-state index is 1.04. The molecule has 0 bridgehead atoms. The van der Waals surface area contributed by atoms with Crippen LogP contribution in [-0.2, 0) is 0 Å². The van der Waals surface area contributed by atoms with Gasteiger partial charge in [0.05, 0.1) is 0 Å². The number of hydrogen-bond donors (Lipinski definition) is 0. The molecule has 22 heavy (non-hydrogen) atoms. The van der Waals surface area contributed by atoms with Gasteiger partial charge in [0.1, 0.15) is 12.4 Å². The maximum absolute atomic E-state index is 4.35. The molecule has 1 aromatic carbocycles. The highest BCUT2D eigenvalue weighted by Gasteiger charge is 1.96. The van der Waals surface area contributed by atoms with Gasteiger partial charge >= 0.3 is 0 Å². The van der Waals surface area contributed by atoms with Crippen molar-refractivity contribution in [3.05, 3.63) is 96.6 Å². The third-order valence-electron chi connectivity index (χ3n) is 3.02. The first kappa shape index (κ1) is 13.8. The monoisotopic (exact) mass is 288 g/mol. The summed E-state index contributed by atoms with van der Waals surface area (Å²) >= 11 is 0. The van der Waals surface area contributed by atoms with E-state index in [4.69, 9.17) is 0 Å². The summed E-state index contributed by atoms with van der Waals surface area (Å²) in [6.07, 6.45) is 11.2. The summed E-state index contributed by atoms with van der Waals surface area (Å²) in [5, 5.41) is 8.71. The maximum atomic E-state index is 4.35. The third-order valence-corrected chi connectivity index (χ3v) is 3.02. The first-order valence-electron chi connectivity index (χ1n) is 7.01. The summed E-state index contributed by atoms with van der Waals surface area (Å²) in [5.41, 5.74) is 2.08. The molecule has 0 saturated carbocycles. The molecular formula is C18H16N4+2. The molecule has 4 nitrogen and oxygen atoms in total. The van der Waals surface area contributed by atoms with Crippen LogP contribution in [0.1, 0.15) is 11.1 Å². The Morgan fingerprint density at radius 1 is 0.545 bits per heavy atom. The first-order valence-corrected chi connectivity index (χ1v) is 7.01. The number of aromatic nitrogens is 2. The molecule has 0 unspecified atom stereocenters. The summed E-state index contributed by atoms with van der Waals surface area (Å²) in [4.78, 5) is 0. The van der Waals surface area contributed by atoms with Crippen molar-refractivity contribution in [2.75, 3.05) is 0 Å². The van der Waals surface area contributed by atoms with Crippen molar-refractivity contribution in [1.82, 2.24) is 0 Å². The van der Waals surface area contributed by atoms with Crippen LogP contribution in [0.2, 0.25) is 0 Å². The molecule has 0 spiro atoms. The second-order valence-electron chi connectivity index (χ2n) is 4.67. The Bertz CT molecular complexity index is 695. The maximum Gasteiger partial charge on any atom is 0.202 e. The van der Waals surface area contributed by atoms with E-state index >= 15 is 0 Å². The molecular weight excluding hydrogens is 272 g/mol. The highest BCUT2D eigenvalue weighted by atomic mass is 15.3. The van der Waals surface area contributed by atoms with Crippen LogP contribution in [-0.4, -0.2) is 12.4 Å². The van der Waals surface area contributed by atoms with E-state index in [-0.39, 0.29) is 0 Å². The standard InChI is InChI=1S/C18H16N4/c1-3-11-21(12-4-1)19-15-17-7-9-18(10-8-17)16-20-22-13-5-2-6-14-22/h1-16H/q+2/b19-15-,20-16-. The summed E-state index contributed by atoms with van der Waals surface area (Å²) in [6.45, 7) is 0. The van der Waals surface area contributed by atoms with Crippen molar-refractivity contribution in [3.63, 3.8) is 0 Å². The lowest BCUT2D eigenvalue weighted by molar-refractivity contribution is -0.678. The van der Waals surface area contributed by atoms with Crippen molar-refractivity contribution in [2.24, 2.45) is 10.2 Å². The molecule has 3 aromatic rings. The SMILES string of the molecule is C(=N/[n+]1ccccc1)/c1ccc(/C=N\[n+]2ccccc2)cc1. The molecule has 106 valence electrons. The number of hydrogen-bond acceptors (Lipinski definition) is 2. The average molecular weight is 288 g/mol. The fourth-order valence-electron chi connectivity index (χ4n) is 1.87. The van der Waals surface area contributed by atoms with Crippen LogP contribution < -0.4 is 9.35 Å². The van der Waals surface area contributed by atoms with Crippen LogP contribution in [0.5, 0.6) is 0 Å². The number of rotatable bonds is 4. The van der Waals surface area contributed by atoms with Gasteiger partial charge in [-0.1, -0.05) is 45.8 Å². The zero-order valence-electron chi connectivity index (χ0n) is 12.0. The number of pyridine rings is 2. The van der Waals surface area contributed by atoms with Crippen molar-refractivity contribution >= 4 is 12.4 Å². The topological polar surface area (TPSA) is 32.5 Å². The Kier molecular flexibility index (Phi) is 4.42. The van der Waals surface area contributed by atoms with E-state index < -0.39 is 0 Å². The predicted octanol–water partition coefficient (Wildman–Crippen LogP) is 2.03. The molecule has 4 heteroatoms. The molecule has 0 aliphatic heterocycles. The van der Waals surface area contributed by atoms with Crippen molar-refractivity contribution in [1.29, 1.82) is 0 Å². The van der Waals surface area contributed by atoms with Crippen LogP contribution in [0.4, 0.5) is 0 Å². The molecule has 0 aliphatic rings. The molecule has 0 amide bonds. The van der Waals surface area contributed by atoms with Gasteiger partial charge in [-0.3, -0.25) is 0 Å². The second kappa shape index (κ2) is 7.04. The van der Waals surface area contributed by atoms with Gasteiger partial charge < -0.3 is 0 Å². The Labute approximate surface area is 129 Å². The van der Waals surface area contributed by atoms with E-state index in [2.05, 4.69) is 10.2 Å². The zero-order valence-corrected chi connectivity index (χ0v) is 12.0. The van der Waals surface area contributed by atoms with Crippen LogP contribution in [0.15, 0.2) is 95.7 Å². The lowest BCUT2D eigenvalue weighted by Crippen LogP contribution is -2.25. The van der Waals surface area contributed by atoms with Crippen LogP contribution >= 0.6 is 0 Å². The lowest BCUT2D eigenvalue weighted by atomic mass is 10.2. The number of benzene rings is 1. The van der Waals surface area contributed by atoms with Gasteiger partial charge in [0.2, 0.25) is 24.8 Å². The van der Waals surface area contributed by atoms with Crippen molar-refractivity contribution in [3.8, 4) is 0 Å². The van der Waals surface area contributed by atoms with Gasteiger partial charge in [-0.25, -0.2) is 0 Å². The molecule has 2 heterocycles. The van der Waals surface area contributed by atoms with Gasteiger partial charge in [-0.15, -0.1) is 0 Å². The molecule has 3 rings (SSSR count). The molecule has 0 atom stereocenters. The lowest BCUT2D eigenvalue weighted by Gasteiger charge is -1.93. The molecule has 0 radical (unpaired) electrons. The molecule has 0 saturated heterocycles. The first-order chi connectivity index (χ1) is 10.9. The largest absolute Gasteiger partial charge is 0.202 e. The average Bonchev–Trinajstić information content (AvgIpc) is 2.61. The predicted molar refractivity (Wildman–Crippen MR) is 85.7 cm³/mol. The van der Waals surface area contributed by atoms with Crippen LogP contribution in [0.3, 0.4) is 0 Å². The van der Waals surface area contributed by atoms with E-state index in [1.807, 2.05) is 97.9 Å². The summed E-state index contributed by atoms with van der Waals surface area (Å²) in [6, 6.07) is 19.8. The van der Waals surface area contributed by atoms with E-state index in [1.54, 1.807) is 9.35 Å². The second-order valence-corrected chi connectivity index (χ2v) is 4.67. The zero-order chi connectivity index (χ0) is 15.0. The van der Waals surface area contributed by atoms with Gasteiger partial charge in [-0.05, 0) is 21.3 Å². The minimum absolute atomic E-state index is 1.04. The van der Waals surface area contributed by atoms with E-state index in [0.717, 1.165) is 11.1 Å². The third kappa shape index (κ3) is 3.93. The highest BCUT2D eigenvalue weighted by Crippen LogP contribution is 1.99. The van der Waals surface area contributed by atoms with Gasteiger partial charge in [0.15, 0.2) is 0 Å². The molecule has 2 aromatic heterocycles. The van der Waals surface area contributed by atoms with E-state index in [0.29, 0.717) is 0 Å². The Morgan fingerprint density at radius 2 is 0.909 bits per heavy atom. The quantitative estimate of drug-likeness (QED) is 0.520. The fraction of sp³-hybridized carbons (Fsp3) is 0. The van der Waals surface area contributed by atoms with E-state index in [1.165, 1.54) is 0 Å². The Hall–Kier alpha value is -3.14. The van der Waals surface area contributed by atoms with Crippen LogP contribution in [0, 0.1) is 0 Å². The van der Waals surface area contributed by atoms with Crippen molar-refractivity contribution in [2.45, 2.75) is 0 Å². The van der Waals surface area contributed by atoms with Crippen LogP contribution in [0.25, 0.3) is 0 Å². The highest BCUT2D eigenvalue weighted by molar-refractivity contribution is 5.83. The van der Waals surface area contributed by atoms with Gasteiger partial charge in [0, 0.05) is 24.3 Å². The van der Waals surface area contributed by atoms with Gasteiger partial charge in [-0.2, -0.15) is 0 Å². The summed E-state index contributed by atoms with van der Waals surface area (Å²) in [7, 11) is 0. The smallest absolute Gasteiger partial charge is 0.0596 e. The summed E-state index contributed by atoms with van der Waals surface area (Å²) < 4.78 is 3.53. The minimum Gasteiger partial charge on any atom is -0.0596 e. The Balaban J connectivity index is 1.68. The molecule has 0 N–H and O–H groups in total. The van der Waals surface area contributed by atoms with Gasteiger partial charge in [0.25, 0.3) is 0 Å². The molecule has 0 aliphatic carbocycles. The Morgan fingerprint density at radius 3 is 1.27 bits per heavy atom. The number of nitrogens with zero attached hydrogens (tertiary/aromatic N) is 4. The molecule has 0 fully saturated rings. The normalized spacial score (nSPS) is 11.3. The summed E-state index contributed by atoms with van der Waals surface area (Å²) in [5.74, 6) is 0. The van der Waals surface area contributed by atoms with E-state index in [9.17, 15) is 0 Å². The fourth-order valence-corrected chi connectivity index (χ4v) is 1.87.